The molecular formula is C20H27N3O2S. The van der Waals surface area contributed by atoms with Gasteiger partial charge in [0.1, 0.15) is 0 Å². The van der Waals surface area contributed by atoms with Crippen LogP contribution in [0.4, 0.5) is 10.8 Å². The number of rotatable bonds is 7. The van der Waals surface area contributed by atoms with Crippen LogP contribution in [0.15, 0.2) is 35.7 Å². The fourth-order valence-corrected chi connectivity index (χ4v) is 4.29. The first-order chi connectivity index (χ1) is 12.8. The van der Waals surface area contributed by atoms with E-state index in [1.54, 1.807) is 11.3 Å². The first-order valence-electron chi connectivity index (χ1n) is 9.57. The molecule has 2 aromatic rings. The first kappa shape index (κ1) is 17.9. The molecule has 4 rings (SSSR count). The molecule has 26 heavy (non-hydrogen) atoms. The lowest BCUT2D eigenvalue weighted by atomic mass is 10.1. The molecule has 0 saturated carbocycles. The fourth-order valence-electron chi connectivity index (χ4n) is 3.56. The zero-order chi connectivity index (χ0) is 17.6. The van der Waals surface area contributed by atoms with Crippen LogP contribution in [0, 0.1) is 0 Å². The number of nitrogens with one attached hydrogen (secondary N) is 1. The van der Waals surface area contributed by atoms with E-state index in [1.165, 1.54) is 6.42 Å². The lowest BCUT2D eigenvalue weighted by molar-refractivity contribution is -0.0427. The summed E-state index contributed by atoms with van der Waals surface area (Å²) in [4.78, 5) is 7.20. The molecule has 2 fully saturated rings. The maximum atomic E-state index is 6.06. The number of para-hydroxylation sites is 1. The molecular weight excluding hydrogens is 346 g/mol. The van der Waals surface area contributed by atoms with E-state index < -0.39 is 0 Å². The van der Waals surface area contributed by atoms with Gasteiger partial charge in [0.25, 0.3) is 0 Å². The van der Waals surface area contributed by atoms with Crippen molar-refractivity contribution in [2.24, 2.45) is 0 Å². The van der Waals surface area contributed by atoms with Crippen molar-refractivity contribution in [3.63, 3.8) is 0 Å². The van der Waals surface area contributed by atoms with E-state index in [0.717, 1.165) is 68.6 Å². The SMILES string of the molecule is c1ccc(Nc2nc(CN3CCC(OCC4CCCO4)CC3)cs2)cc1. The molecule has 0 aliphatic carbocycles. The summed E-state index contributed by atoms with van der Waals surface area (Å²) < 4.78 is 11.7. The minimum Gasteiger partial charge on any atom is -0.376 e. The second-order valence-corrected chi connectivity index (χ2v) is 7.94. The zero-order valence-electron chi connectivity index (χ0n) is 15.1. The third-order valence-corrected chi connectivity index (χ3v) is 5.85. The zero-order valence-corrected chi connectivity index (χ0v) is 15.9. The minimum atomic E-state index is 0.332. The largest absolute Gasteiger partial charge is 0.376 e. The van der Waals surface area contributed by atoms with Crippen LogP contribution in [0.3, 0.4) is 0 Å². The van der Waals surface area contributed by atoms with Crippen molar-refractivity contribution in [1.82, 2.24) is 9.88 Å². The van der Waals surface area contributed by atoms with Gasteiger partial charge in [-0.3, -0.25) is 4.90 Å². The van der Waals surface area contributed by atoms with E-state index in [0.29, 0.717) is 12.2 Å². The summed E-state index contributed by atoms with van der Waals surface area (Å²) in [7, 11) is 0. The van der Waals surface area contributed by atoms with Gasteiger partial charge < -0.3 is 14.8 Å². The van der Waals surface area contributed by atoms with Crippen molar-refractivity contribution in [2.45, 2.75) is 44.4 Å². The lowest BCUT2D eigenvalue weighted by Crippen LogP contribution is -2.37. The van der Waals surface area contributed by atoms with Gasteiger partial charge >= 0.3 is 0 Å². The van der Waals surface area contributed by atoms with Crippen molar-refractivity contribution in [1.29, 1.82) is 0 Å². The Morgan fingerprint density at radius 2 is 2.04 bits per heavy atom. The molecule has 2 saturated heterocycles. The van der Waals surface area contributed by atoms with Crippen LogP contribution in [0.25, 0.3) is 0 Å². The number of hydrogen-bond acceptors (Lipinski definition) is 6. The molecule has 2 aliphatic rings. The molecule has 1 atom stereocenters. The van der Waals surface area contributed by atoms with E-state index in [4.69, 9.17) is 14.5 Å². The molecule has 2 aliphatic heterocycles. The highest BCUT2D eigenvalue weighted by atomic mass is 32.1. The van der Waals surface area contributed by atoms with E-state index in [-0.39, 0.29) is 0 Å². The molecule has 5 nitrogen and oxygen atoms in total. The van der Waals surface area contributed by atoms with Gasteiger partial charge in [-0.05, 0) is 37.8 Å². The van der Waals surface area contributed by atoms with Crippen molar-refractivity contribution in [3.8, 4) is 0 Å². The van der Waals surface area contributed by atoms with Gasteiger partial charge in [0.2, 0.25) is 0 Å². The number of benzene rings is 1. The van der Waals surface area contributed by atoms with Crippen LogP contribution in [0.2, 0.25) is 0 Å². The smallest absolute Gasteiger partial charge is 0.187 e. The number of ether oxygens (including phenoxy) is 2. The predicted octanol–water partition coefficient (Wildman–Crippen LogP) is 4.05. The van der Waals surface area contributed by atoms with Crippen LogP contribution in [-0.2, 0) is 16.0 Å². The molecule has 0 bridgehead atoms. The molecule has 1 aromatic carbocycles. The number of anilines is 2. The van der Waals surface area contributed by atoms with Crippen LogP contribution in [0.1, 0.15) is 31.4 Å². The van der Waals surface area contributed by atoms with Gasteiger partial charge in [0, 0.05) is 37.3 Å². The summed E-state index contributed by atoms with van der Waals surface area (Å²) in [5.74, 6) is 0. The maximum Gasteiger partial charge on any atom is 0.187 e. The van der Waals surface area contributed by atoms with Crippen molar-refractivity contribution >= 4 is 22.2 Å². The summed E-state index contributed by atoms with van der Waals surface area (Å²) in [6, 6.07) is 10.2. The second-order valence-electron chi connectivity index (χ2n) is 7.08. The number of aromatic nitrogens is 1. The number of thiazole rings is 1. The Kier molecular flexibility index (Phi) is 6.17. The number of nitrogens with zero attached hydrogens (tertiary/aromatic N) is 2. The normalized spacial score (nSPS) is 21.9. The quantitative estimate of drug-likeness (QED) is 0.793. The number of piperidine rings is 1. The second kappa shape index (κ2) is 8.95. The van der Waals surface area contributed by atoms with Crippen molar-refractivity contribution in [3.05, 3.63) is 41.4 Å². The Hall–Kier alpha value is -1.47. The van der Waals surface area contributed by atoms with Crippen molar-refractivity contribution < 1.29 is 9.47 Å². The van der Waals surface area contributed by atoms with Crippen LogP contribution in [0.5, 0.6) is 0 Å². The molecule has 0 amide bonds. The topological polar surface area (TPSA) is 46.6 Å². The third-order valence-electron chi connectivity index (χ3n) is 5.04. The highest BCUT2D eigenvalue weighted by molar-refractivity contribution is 7.13. The fraction of sp³-hybridized carbons (Fsp3) is 0.550. The standard InChI is InChI=1S/C20H27N3O2S/c1-2-5-16(6-3-1)21-20-22-17(15-26-20)13-23-10-8-18(9-11-23)25-14-19-7-4-12-24-19/h1-3,5-6,15,18-19H,4,7-14H2,(H,21,22). The molecule has 0 spiro atoms. The predicted molar refractivity (Wildman–Crippen MR) is 105 cm³/mol. The number of hydrogen-bond donors (Lipinski definition) is 1. The summed E-state index contributed by atoms with van der Waals surface area (Å²) in [5, 5.41) is 6.49. The molecule has 6 heteroatoms. The number of likely N-dealkylation sites (tertiary alicyclic amines) is 1. The Morgan fingerprint density at radius 1 is 1.19 bits per heavy atom. The van der Waals surface area contributed by atoms with Crippen LogP contribution >= 0.6 is 11.3 Å². The molecule has 140 valence electrons. The highest BCUT2D eigenvalue weighted by Crippen LogP contribution is 2.23. The minimum absolute atomic E-state index is 0.332. The molecule has 1 aromatic heterocycles. The lowest BCUT2D eigenvalue weighted by Gasteiger charge is -2.31. The van der Waals surface area contributed by atoms with Crippen LogP contribution < -0.4 is 5.32 Å². The van der Waals surface area contributed by atoms with Crippen molar-refractivity contribution in [2.75, 3.05) is 31.6 Å². The monoisotopic (exact) mass is 373 g/mol. The molecule has 1 N–H and O–H groups in total. The Bertz CT molecular complexity index is 665. The summed E-state index contributed by atoms with van der Waals surface area (Å²) >= 11 is 1.67. The maximum absolute atomic E-state index is 6.06. The Balaban J connectivity index is 1.19. The van der Waals surface area contributed by atoms with E-state index in [1.807, 2.05) is 18.2 Å². The van der Waals surface area contributed by atoms with Crippen LogP contribution in [-0.4, -0.2) is 48.4 Å². The van der Waals surface area contributed by atoms with E-state index >= 15 is 0 Å². The Morgan fingerprint density at radius 3 is 2.81 bits per heavy atom. The van der Waals surface area contributed by atoms with Gasteiger partial charge in [0.05, 0.1) is 24.5 Å². The van der Waals surface area contributed by atoms with Gasteiger partial charge in [-0.2, -0.15) is 0 Å². The summed E-state index contributed by atoms with van der Waals surface area (Å²) in [6.07, 6.45) is 5.26. The van der Waals surface area contributed by atoms with Gasteiger partial charge in [-0.25, -0.2) is 4.98 Å². The van der Waals surface area contributed by atoms with E-state index in [2.05, 4.69) is 27.7 Å². The molecule has 1 unspecified atom stereocenters. The van der Waals surface area contributed by atoms with Gasteiger partial charge in [-0.15, -0.1) is 11.3 Å². The molecule has 0 radical (unpaired) electrons. The first-order valence-corrected chi connectivity index (χ1v) is 10.5. The van der Waals surface area contributed by atoms with E-state index in [9.17, 15) is 0 Å². The van der Waals surface area contributed by atoms with Gasteiger partial charge in [-0.1, -0.05) is 18.2 Å². The average molecular weight is 374 g/mol. The third kappa shape index (κ3) is 5.04. The summed E-state index contributed by atoms with van der Waals surface area (Å²) in [6.45, 7) is 4.75. The summed E-state index contributed by atoms with van der Waals surface area (Å²) in [5.41, 5.74) is 2.23. The average Bonchev–Trinajstić information content (AvgIpc) is 3.34. The van der Waals surface area contributed by atoms with Gasteiger partial charge in [0.15, 0.2) is 5.13 Å². The Labute approximate surface area is 159 Å². The highest BCUT2D eigenvalue weighted by Gasteiger charge is 2.23. The molecule has 3 heterocycles.